The fourth-order valence-electron chi connectivity index (χ4n) is 7.72. The molecule has 6 atom stereocenters. The maximum absolute atomic E-state index is 13.5. The molecule has 0 spiro atoms. The first-order chi connectivity index (χ1) is 14.6. The quantitative estimate of drug-likeness (QED) is 0.664. The lowest BCUT2D eigenvalue weighted by Gasteiger charge is -2.57. The Morgan fingerprint density at radius 2 is 2.00 bits per heavy atom. The molecule has 31 heavy (non-hydrogen) atoms. The number of carbonyl (C=O) groups is 2. The van der Waals surface area contributed by atoms with Gasteiger partial charge in [0.05, 0.1) is 5.54 Å². The SMILES string of the molecule is CC(C)(NC(=O)C1CC[C@H]2[C@@H]3CC=C4NC(=O)CC[C@]4(C)[C@@H]3CC[C@]12C)c1cccs1. The zero-order valence-corrected chi connectivity index (χ0v) is 20.1. The third-order valence-electron chi connectivity index (χ3n) is 9.50. The van der Waals surface area contributed by atoms with E-state index < -0.39 is 0 Å². The van der Waals surface area contributed by atoms with E-state index >= 15 is 0 Å². The minimum atomic E-state index is -0.326. The highest BCUT2D eigenvalue weighted by atomic mass is 32.1. The van der Waals surface area contributed by atoms with Crippen LogP contribution in [-0.4, -0.2) is 11.8 Å². The van der Waals surface area contributed by atoms with Gasteiger partial charge in [-0.25, -0.2) is 0 Å². The Bertz CT molecular complexity index is 920. The molecular weight excluding hydrogens is 404 g/mol. The standard InChI is InChI=1S/C26H36N2O2S/c1-24(2,21-6-5-15-31-21)28-23(30)19-9-8-17-16-7-10-20-26(4,14-12-22(29)27-20)18(16)11-13-25(17,19)3/h5-6,10,15-19H,7-9,11-14H2,1-4H3,(H,27,29)(H,28,30)/t16-,17-,18+,19?,25-,26+/m0/s1. The zero-order chi connectivity index (χ0) is 22.0. The zero-order valence-electron chi connectivity index (χ0n) is 19.3. The Kier molecular flexibility index (Phi) is 4.93. The summed E-state index contributed by atoms with van der Waals surface area (Å²) in [5, 5.41) is 8.67. The highest BCUT2D eigenvalue weighted by Gasteiger charge is 2.60. The minimum Gasteiger partial charge on any atom is -0.346 e. The molecule has 1 saturated heterocycles. The van der Waals surface area contributed by atoms with Crippen LogP contribution in [0.25, 0.3) is 0 Å². The van der Waals surface area contributed by atoms with E-state index in [0.29, 0.717) is 24.2 Å². The molecule has 3 fully saturated rings. The van der Waals surface area contributed by atoms with Crippen molar-refractivity contribution in [2.24, 2.45) is 34.5 Å². The highest BCUT2D eigenvalue weighted by molar-refractivity contribution is 7.10. The van der Waals surface area contributed by atoms with E-state index in [4.69, 9.17) is 0 Å². The molecule has 2 saturated carbocycles. The Hall–Kier alpha value is -1.62. The van der Waals surface area contributed by atoms with E-state index in [1.165, 1.54) is 17.0 Å². The molecule has 2 N–H and O–H groups in total. The van der Waals surface area contributed by atoms with Gasteiger partial charge in [-0.1, -0.05) is 26.0 Å². The lowest BCUT2D eigenvalue weighted by atomic mass is 9.49. The topological polar surface area (TPSA) is 58.2 Å². The second-order valence-corrected chi connectivity index (χ2v) is 12.4. The summed E-state index contributed by atoms with van der Waals surface area (Å²) in [5.74, 6) is 2.36. The third kappa shape index (κ3) is 3.21. The van der Waals surface area contributed by atoms with Gasteiger partial charge in [0.1, 0.15) is 0 Å². The molecule has 4 nitrogen and oxygen atoms in total. The molecule has 5 rings (SSSR count). The van der Waals surface area contributed by atoms with Crippen molar-refractivity contribution in [1.82, 2.24) is 10.6 Å². The van der Waals surface area contributed by atoms with Gasteiger partial charge in [0, 0.05) is 28.3 Å². The third-order valence-corrected chi connectivity index (χ3v) is 10.7. The van der Waals surface area contributed by atoms with Gasteiger partial charge >= 0.3 is 0 Å². The van der Waals surface area contributed by atoms with Crippen LogP contribution >= 0.6 is 11.3 Å². The summed E-state index contributed by atoms with van der Waals surface area (Å²) in [6.07, 6.45) is 9.41. The first kappa shape index (κ1) is 21.2. The number of carbonyl (C=O) groups excluding carboxylic acids is 2. The summed E-state index contributed by atoms with van der Waals surface area (Å²) in [4.78, 5) is 26.7. The van der Waals surface area contributed by atoms with Crippen LogP contribution < -0.4 is 10.6 Å². The van der Waals surface area contributed by atoms with Gasteiger partial charge in [-0.3, -0.25) is 9.59 Å². The molecule has 4 aliphatic rings. The maximum atomic E-state index is 13.5. The van der Waals surface area contributed by atoms with Crippen molar-refractivity contribution in [1.29, 1.82) is 0 Å². The van der Waals surface area contributed by atoms with Crippen molar-refractivity contribution in [3.63, 3.8) is 0 Å². The maximum Gasteiger partial charge on any atom is 0.224 e. The fourth-order valence-corrected chi connectivity index (χ4v) is 8.52. The molecule has 3 aliphatic carbocycles. The molecule has 1 aromatic heterocycles. The minimum absolute atomic E-state index is 0.0798. The van der Waals surface area contributed by atoms with Crippen molar-refractivity contribution in [3.05, 3.63) is 34.2 Å². The Balaban J connectivity index is 1.37. The Morgan fingerprint density at radius 1 is 1.19 bits per heavy atom. The number of thiophene rings is 1. The number of nitrogens with one attached hydrogen (secondary N) is 2. The van der Waals surface area contributed by atoms with E-state index in [9.17, 15) is 9.59 Å². The van der Waals surface area contributed by atoms with Crippen molar-refractivity contribution in [3.8, 4) is 0 Å². The summed E-state index contributed by atoms with van der Waals surface area (Å²) < 4.78 is 0. The van der Waals surface area contributed by atoms with Gasteiger partial charge in [-0.15, -0.1) is 11.3 Å². The molecule has 5 heteroatoms. The van der Waals surface area contributed by atoms with Crippen LogP contribution in [0.15, 0.2) is 29.3 Å². The van der Waals surface area contributed by atoms with E-state index in [2.05, 4.69) is 61.9 Å². The molecule has 1 aromatic rings. The monoisotopic (exact) mass is 440 g/mol. The van der Waals surface area contributed by atoms with Crippen LogP contribution in [0, 0.1) is 34.5 Å². The predicted octanol–water partition coefficient (Wildman–Crippen LogP) is 5.36. The van der Waals surface area contributed by atoms with Crippen LogP contribution in [0.5, 0.6) is 0 Å². The van der Waals surface area contributed by atoms with Crippen molar-refractivity contribution >= 4 is 23.2 Å². The van der Waals surface area contributed by atoms with E-state index in [-0.39, 0.29) is 34.1 Å². The molecule has 0 aromatic carbocycles. The normalized spacial score (nSPS) is 39.6. The summed E-state index contributed by atoms with van der Waals surface area (Å²) in [6, 6.07) is 4.17. The van der Waals surface area contributed by atoms with E-state index in [1.54, 1.807) is 11.3 Å². The number of piperidine rings is 1. The van der Waals surface area contributed by atoms with Crippen LogP contribution in [-0.2, 0) is 15.1 Å². The molecular formula is C26H36N2O2S. The van der Waals surface area contributed by atoms with Crippen molar-refractivity contribution < 1.29 is 9.59 Å². The number of allylic oxidation sites excluding steroid dienone is 2. The first-order valence-electron chi connectivity index (χ1n) is 12.0. The Morgan fingerprint density at radius 3 is 2.74 bits per heavy atom. The lowest BCUT2D eigenvalue weighted by molar-refractivity contribution is -0.134. The molecule has 2 heterocycles. The van der Waals surface area contributed by atoms with Gasteiger partial charge in [0.15, 0.2) is 0 Å². The number of hydrogen-bond donors (Lipinski definition) is 2. The second kappa shape index (κ2) is 7.19. The molecule has 0 bridgehead atoms. The summed E-state index contributed by atoms with van der Waals surface area (Å²) in [5.41, 5.74) is 1.03. The average Bonchev–Trinajstić information content (AvgIpc) is 3.36. The van der Waals surface area contributed by atoms with Crippen LogP contribution in [0.1, 0.15) is 77.5 Å². The molecule has 2 amide bonds. The fraction of sp³-hybridized carbons (Fsp3) is 0.692. The van der Waals surface area contributed by atoms with Gasteiger partial charge in [-0.05, 0) is 87.0 Å². The van der Waals surface area contributed by atoms with Crippen LogP contribution in [0.4, 0.5) is 0 Å². The van der Waals surface area contributed by atoms with Gasteiger partial charge in [0.2, 0.25) is 11.8 Å². The molecule has 1 unspecified atom stereocenters. The number of hydrogen-bond acceptors (Lipinski definition) is 3. The average molecular weight is 441 g/mol. The van der Waals surface area contributed by atoms with Crippen molar-refractivity contribution in [2.45, 2.75) is 78.2 Å². The number of amides is 2. The lowest BCUT2D eigenvalue weighted by Crippen LogP contribution is -2.54. The first-order valence-corrected chi connectivity index (χ1v) is 12.9. The van der Waals surface area contributed by atoms with Crippen LogP contribution in [0.2, 0.25) is 0 Å². The molecule has 1 aliphatic heterocycles. The Labute approximate surface area is 190 Å². The summed E-state index contributed by atoms with van der Waals surface area (Å²) >= 11 is 1.71. The summed E-state index contributed by atoms with van der Waals surface area (Å²) in [6.45, 7) is 9.01. The largest absolute Gasteiger partial charge is 0.346 e. The predicted molar refractivity (Wildman–Crippen MR) is 124 cm³/mol. The number of fused-ring (bicyclic) bond motifs is 5. The van der Waals surface area contributed by atoms with Gasteiger partial charge in [0.25, 0.3) is 0 Å². The second-order valence-electron chi connectivity index (χ2n) is 11.5. The summed E-state index contributed by atoms with van der Waals surface area (Å²) in [7, 11) is 0. The molecule has 168 valence electrons. The van der Waals surface area contributed by atoms with E-state index in [0.717, 1.165) is 32.1 Å². The highest BCUT2D eigenvalue weighted by Crippen LogP contribution is 2.65. The van der Waals surface area contributed by atoms with Gasteiger partial charge in [-0.2, -0.15) is 0 Å². The smallest absolute Gasteiger partial charge is 0.224 e. The van der Waals surface area contributed by atoms with E-state index in [1.807, 2.05) is 0 Å². The molecule has 0 radical (unpaired) electrons. The number of rotatable bonds is 3. The van der Waals surface area contributed by atoms with Crippen LogP contribution in [0.3, 0.4) is 0 Å². The van der Waals surface area contributed by atoms with Crippen molar-refractivity contribution in [2.75, 3.05) is 0 Å². The van der Waals surface area contributed by atoms with Gasteiger partial charge < -0.3 is 10.6 Å².